The predicted octanol–water partition coefficient (Wildman–Crippen LogP) is 3.07. The summed E-state index contributed by atoms with van der Waals surface area (Å²) in [5, 5.41) is 5.99. The molecule has 130 valence electrons. The van der Waals surface area contributed by atoms with Crippen molar-refractivity contribution in [1.29, 1.82) is 0 Å². The van der Waals surface area contributed by atoms with E-state index in [0.717, 1.165) is 21.8 Å². The van der Waals surface area contributed by atoms with E-state index in [1.807, 2.05) is 42.6 Å². The molecule has 1 aromatic carbocycles. The summed E-state index contributed by atoms with van der Waals surface area (Å²) in [6.45, 7) is 4.04. The zero-order chi connectivity index (χ0) is 17.8. The standard InChI is InChI=1S/C19H21N3O2S/c1-13-21-16(12-25-13)7-9-20-19(24)11-18-17-6-4-3-5-15(17)8-10-22(18)14(2)23/h3-6,8,10,12,18H,7,9,11H2,1-2H3,(H,20,24). The van der Waals surface area contributed by atoms with E-state index in [-0.39, 0.29) is 24.3 Å². The summed E-state index contributed by atoms with van der Waals surface area (Å²) in [7, 11) is 0. The second kappa shape index (κ2) is 7.61. The fourth-order valence-electron chi connectivity index (χ4n) is 3.01. The minimum Gasteiger partial charge on any atom is -0.356 e. The molecule has 2 aromatic rings. The molecule has 2 amide bonds. The van der Waals surface area contributed by atoms with Crippen molar-refractivity contribution >= 4 is 29.2 Å². The van der Waals surface area contributed by atoms with Gasteiger partial charge in [-0.2, -0.15) is 0 Å². The first-order valence-electron chi connectivity index (χ1n) is 8.28. The lowest BCUT2D eigenvalue weighted by atomic mass is 9.93. The van der Waals surface area contributed by atoms with Gasteiger partial charge in [-0.05, 0) is 24.1 Å². The molecule has 1 aliphatic heterocycles. The van der Waals surface area contributed by atoms with E-state index >= 15 is 0 Å². The van der Waals surface area contributed by atoms with Gasteiger partial charge >= 0.3 is 0 Å². The second-order valence-corrected chi connectivity index (χ2v) is 7.11. The van der Waals surface area contributed by atoms with Crippen molar-refractivity contribution in [3.05, 3.63) is 57.7 Å². The lowest BCUT2D eigenvalue weighted by Gasteiger charge is -2.32. The Bertz CT molecular complexity index is 813. The van der Waals surface area contributed by atoms with Gasteiger partial charge in [-0.15, -0.1) is 11.3 Å². The third-order valence-corrected chi connectivity index (χ3v) is 5.04. The Hall–Kier alpha value is -2.47. The number of carbonyl (C=O) groups is 2. The van der Waals surface area contributed by atoms with Crippen molar-refractivity contribution in [2.75, 3.05) is 6.54 Å². The SMILES string of the molecule is CC(=O)N1C=Cc2ccccc2C1CC(=O)NCCc1csc(C)n1. The Kier molecular flexibility index (Phi) is 5.28. The highest BCUT2D eigenvalue weighted by Crippen LogP contribution is 2.32. The largest absolute Gasteiger partial charge is 0.356 e. The number of nitrogens with one attached hydrogen (secondary N) is 1. The van der Waals surface area contributed by atoms with E-state index in [4.69, 9.17) is 0 Å². The van der Waals surface area contributed by atoms with Gasteiger partial charge in [0.15, 0.2) is 0 Å². The Labute approximate surface area is 151 Å². The molecule has 0 saturated heterocycles. The lowest BCUT2D eigenvalue weighted by Crippen LogP contribution is -2.35. The first kappa shape index (κ1) is 17.4. The summed E-state index contributed by atoms with van der Waals surface area (Å²) < 4.78 is 0. The number of thiazole rings is 1. The van der Waals surface area contributed by atoms with E-state index in [0.29, 0.717) is 13.0 Å². The molecule has 2 heterocycles. The zero-order valence-electron chi connectivity index (χ0n) is 14.4. The number of carbonyl (C=O) groups excluding carboxylic acids is 2. The van der Waals surface area contributed by atoms with E-state index in [1.165, 1.54) is 6.92 Å². The number of rotatable bonds is 5. The van der Waals surface area contributed by atoms with Crippen LogP contribution in [-0.2, 0) is 16.0 Å². The summed E-state index contributed by atoms with van der Waals surface area (Å²) in [5.74, 6) is -0.130. The van der Waals surface area contributed by atoms with Crippen LogP contribution in [0.1, 0.15) is 41.2 Å². The second-order valence-electron chi connectivity index (χ2n) is 6.05. The van der Waals surface area contributed by atoms with Crippen molar-refractivity contribution in [1.82, 2.24) is 15.2 Å². The maximum Gasteiger partial charge on any atom is 0.223 e. The number of benzene rings is 1. The van der Waals surface area contributed by atoms with Gasteiger partial charge in [0.2, 0.25) is 11.8 Å². The number of hydrogen-bond acceptors (Lipinski definition) is 4. The molecule has 0 aliphatic carbocycles. The number of fused-ring (bicyclic) bond motifs is 1. The molecule has 0 bridgehead atoms. The summed E-state index contributed by atoms with van der Waals surface area (Å²) in [6.07, 6.45) is 4.64. The first-order chi connectivity index (χ1) is 12.0. The minimum atomic E-state index is -0.264. The quantitative estimate of drug-likeness (QED) is 0.896. The minimum absolute atomic E-state index is 0.0618. The number of amides is 2. The number of hydrogen-bond donors (Lipinski definition) is 1. The van der Waals surface area contributed by atoms with Crippen LogP contribution in [0.4, 0.5) is 0 Å². The van der Waals surface area contributed by atoms with Gasteiger partial charge in [-0.25, -0.2) is 4.98 Å². The Balaban J connectivity index is 1.63. The molecule has 1 unspecified atom stereocenters. The third kappa shape index (κ3) is 4.14. The molecule has 1 aliphatic rings. The number of aromatic nitrogens is 1. The highest BCUT2D eigenvalue weighted by atomic mass is 32.1. The Morgan fingerprint density at radius 3 is 2.84 bits per heavy atom. The molecule has 1 N–H and O–H groups in total. The van der Waals surface area contributed by atoms with Gasteiger partial charge in [0.1, 0.15) is 0 Å². The Morgan fingerprint density at radius 2 is 2.12 bits per heavy atom. The van der Waals surface area contributed by atoms with Crippen LogP contribution >= 0.6 is 11.3 Å². The van der Waals surface area contributed by atoms with Crippen LogP contribution in [-0.4, -0.2) is 28.2 Å². The molecule has 6 heteroatoms. The predicted molar refractivity (Wildman–Crippen MR) is 98.9 cm³/mol. The lowest BCUT2D eigenvalue weighted by molar-refractivity contribution is -0.129. The van der Waals surface area contributed by atoms with Crippen LogP contribution in [0.2, 0.25) is 0 Å². The van der Waals surface area contributed by atoms with Crippen LogP contribution < -0.4 is 5.32 Å². The molecular weight excluding hydrogens is 334 g/mol. The highest BCUT2D eigenvalue weighted by molar-refractivity contribution is 7.09. The normalized spacial score (nSPS) is 15.8. The molecule has 1 atom stereocenters. The third-order valence-electron chi connectivity index (χ3n) is 4.22. The maximum absolute atomic E-state index is 12.4. The molecule has 25 heavy (non-hydrogen) atoms. The molecule has 5 nitrogen and oxygen atoms in total. The molecule has 1 aromatic heterocycles. The summed E-state index contributed by atoms with van der Waals surface area (Å²) in [4.78, 5) is 30.4. The van der Waals surface area contributed by atoms with E-state index in [9.17, 15) is 9.59 Å². The topological polar surface area (TPSA) is 62.3 Å². The monoisotopic (exact) mass is 355 g/mol. The summed E-state index contributed by atoms with van der Waals surface area (Å²) in [5.41, 5.74) is 3.06. The van der Waals surface area contributed by atoms with Gasteiger partial charge < -0.3 is 10.2 Å². The smallest absolute Gasteiger partial charge is 0.223 e. The number of aryl methyl sites for hydroxylation is 1. The molecule has 3 rings (SSSR count). The van der Waals surface area contributed by atoms with Gasteiger partial charge in [0.05, 0.1) is 23.2 Å². The summed E-state index contributed by atoms with van der Waals surface area (Å²) >= 11 is 1.61. The van der Waals surface area contributed by atoms with Crippen molar-refractivity contribution in [3.8, 4) is 0 Å². The highest BCUT2D eigenvalue weighted by Gasteiger charge is 2.27. The maximum atomic E-state index is 12.4. The van der Waals surface area contributed by atoms with Crippen molar-refractivity contribution in [2.24, 2.45) is 0 Å². The van der Waals surface area contributed by atoms with Crippen molar-refractivity contribution in [3.63, 3.8) is 0 Å². The molecule has 0 saturated carbocycles. The van der Waals surface area contributed by atoms with Gasteiger partial charge in [0, 0.05) is 31.5 Å². The zero-order valence-corrected chi connectivity index (χ0v) is 15.2. The fourth-order valence-corrected chi connectivity index (χ4v) is 3.66. The fraction of sp³-hybridized carbons (Fsp3) is 0.316. The number of nitrogens with zero attached hydrogens (tertiary/aromatic N) is 2. The average molecular weight is 355 g/mol. The first-order valence-corrected chi connectivity index (χ1v) is 9.16. The van der Waals surface area contributed by atoms with Gasteiger partial charge in [0.25, 0.3) is 0 Å². The molecule has 0 radical (unpaired) electrons. The Morgan fingerprint density at radius 1 is 1.32 bits per heavy atom. The van der Waals surface area contributed by atoms with Crippen molar-refractivity contribution < 1.29 is 9.59 Å². The van der Waals surface area contributed by atoms with Gasteiger partial charge in [-0.1, -0.05) is 24.3 Å². The van der Waals surface area contributed by atoms with Crippen molar-refractivity contribution in [2.45, 2.75) is 32.7 Å². The van der Waals surface area contributed by atoms with E-state index in [1.54, 1.807) is 22.4 Å². The van der Waals surface area contributed by atoms with E-state index < -0.39 is 0 Å². The molecule has 0 fully saturated rings. The average Bonchev–Trinajstić information content (AvgIpc) is 3.00. The van der Waals surface area contributed by atoms with Crippen LogP contribution in [0.25, 0.3) is 6.08 Å². The van der Waals surface area contributed by atoms with Gasteiger partial charge in [-0.3, -0.25) is 9.59 Å². The molecule has 0 spiro atoms. The molecular formula is C19H21N3O2S. The summed E-state index contributed by atoms with van der Waals surface area (Å²) in [6, 6.07) is 7.61. The van der Waals surface area contributed by atoms with Crippen LogP contribution in [0, 0.1) is 6.92 Å². The van der Waals surface area contributed by atoms with Crippen LogP contribution in [0.15, 0.2) is 35.8 Å². The van der Waals surface area contributed by atoms with Crippen LogP contribution in [0.3, 0.4) is 0 Å². The van der Waals surface area contributed by atoms with E-state index in [2.05, 4.69) is 10.3 Å². The van der Waals surface area contributed by atoms with Crippen LogP contribution in [0.5, 0.6) is 0 Å².